The Morgan fingerprint density at radius 1 is 1.14 bits per heavy atom. The van der Waals surface area contributed by atoms with Crippen LogP contribution in [0, 0.1) is 6.92 Å². The first kappa shape index (κ1) is 16.0. The summed E-state index contributed by atoms with van der Waals surface area (Å²) in [5.41, 5.74) is 3.26. The quantitative estimate of drug-likeness (QED) is 0.790. The highest BCUT2D eigenvalue weighted by molar-refractivity contribution is 7.99. The number of anilines is 1. The molecule has 0 bridgehead atoms. The van der Waals surface area contributed by atoms with Crippen LogP contribution in [0.2, 0.25) is 0 Å². The van der Waals surface area contributed by atoms with Crippen molar-refractivity contribution in [1.29, 1.82) is 0 Å². The Labute approximate surface area is 134 Å². The summed E-state index contributed by atoms with van der Waals surface area (Å²) < 4.78 is 0. The molecule has 0 aliphatic rings. The third kappa shape index (κ3) is 5.48. The maximum Gasteiger partial charge on any atom is 0.234 e. The van der Waals surface area contributed by atoms with Gasteiger partial charge < -0.3 is 5.32 Å². The minimum atomic E-state index is 0.0475. The fourth-order valence-electron chi connectivity index (χ4n) is 1.90. The highest BCUT2D eigenvalue weighted by Gasteiger charge is 2.03. The van der Waals surface area contributed by atoms with Crippen LogP contribution < -0.4 is 5.32 Å². The summed E-state index contributed by atoms with van der Waals surface area (Å²) in [4.78, 5) is 13.1. The molecule has 2 rings (SSSR count). The fraction of sp³-hybridized carbons (Fsp3) is 0.235. The van der Waals surface area contributed by atoms with Gasteiger partial charge in [0.15, 0.2) is 0 Å². The summed E-state index contributed by atoms with van der Waals surface area (Å²) in [5.74, 6) is 1.38. The van der Waals surface area contributed by atoms with E-state index in [1.165, 1.54) is 10.5 Å². The van der Waals surface area contributed by atoms with Gasteiger partial charge in [0, 0.05) is 16.3 Å². The molecule has 1 N–H and O–H groups in total. The summed E-state index contributed by atoms with van der Waals surface area (Å²) >= 11 is 3.37. The maximum atomic E-state index is 11.9. The predicted octanol–water partition coefficient (Wildman–Crippen LogP) is 4.59. The zero-order chi connectivity index (χ0) is 15.1. The lowest BCUT2D eigenvalue weighted by Gasteiger charge is -2.06. The lowest BCUT2D eigenvalue weighted by Crippen LogP contribution is -2.14. The van der Waals surface area contributed by atoms with E-state index in [4.69, 9.17) is 0 Å². The van der Waals surface area contributed by atoms with Gasteiger partial charge in [0.1, 0.15) is 0 Å². The first-order valence-corrected chi connectivity index (χ1v) is 9.12. The van der Waals surface area contributed by atoms with Crippen LogP contribution in [0.25, 0.3) is 0 Å². The Hall–Kier alpha value is -1.39. The predicted molar refractivity (Wildman–Crippen MR) is 94.2 cm³/mol. The summed E-state index contributed by atoms with van der Waals surface area (Å²) in [6.45, 7) is 2.02. The van der Waals surface area contributed by atoms with Crippen molar-refractivity contribution in [2.45, 2.75) is 17.6 Å². The van der Waals surface area contributed by atoms with Gasteiger partial charge in [-0.3, -0.25) is 4.79 Å². The lowest BCUT2D eigenvalue weighted by atomic mass is 10.2. The molecule has 0 spiro atoms. The molecule has 0 saturated carbocycles. The van der Waals surface area contributed by atoms with E-state index in [-0.39, 0.29) is 5.91 Å². The number of nitrogens with one attached hydrogen (secondary N) is 1. The number of amides is 1. The van der Waals surface area contributed by atoms with Crippen LogP contribution in [0.15, 0.2) is 53.4 Å². The molecule has 0 aliphatic carbocycles. The van der Waals surface area contributed by atoms with E-state index in [0.29, 0.717) is 5.75 Å². The molecule has 0 saturated heterocycles. The molecular weight excluding hydrogens is 298 g/mol. The normalized spacial score (nSPS) is 10.4. The lowest BCUT2D eigenvalue weighted by molar-refractivity contribution is -0.113. The second-order valence-corrected chi connectivity index (χ2v) is 6.62. The molecule has 110 valence electrons. The van der Waals surface area contributed by atoms with Gasteiger partial charge in [0.25, 0.3) is 0 Å². The van der Waals surface area contributed by atoms with Crippen molar-refractivity contribution in [3.05, 3.63) is 59.7 Å². The summed E-state index contributed by atoms with van der Waals surface area (Å²) in [5, 5.41) is 2.92. The Kier molecular flexibility index (Phi) is 6.21. The van der Waals surface area contributed by atoms with Crippen molar-refractivity contribution >= 4 is 35.1 Å². The van der Waals surface area contributed by atoms with Crippen LogP contribution in [0.3, 0.4) is 0 Å². The highest BCUT2D eigenvalue weighted by atomic mass is 32.2. The van der Waals surface area contributed by atoms with Crippen LogP contribution in [-0.4, -0.2) is 17.9 Å². The number of rotatable bonds is 6. The second-order valence-electron chi connectivity index (χ2n) is 4.76. The number of hydrogen-bond donors (Lipinski definition) is 1. The van der Waals surface area contributed by atoms with E-state index < -0.39 is 0 Å². The Morgan fingerprint density at radius 3 is 2.57 bits per heavy atom. The largest absolute Gasteiger partial charge is 0.325 e. The van der Waals surface area contributed by atoms with Gasteiger partial charge in [-0.25, -0.2) is 0 Å². The van der Waals surface area contributed by atoms with Crippen LogP contribution in [-0.2, 0) is 10.5 Å². The van der Waals surface area contributed by atoms with E-state index >= 15 is 0 Å². The average molecular weight is 317 g/mol. The molecular formula is C17H19NOS2. The van der Waals surface area contributed by atoms with Crippen molar-refractivity contribution in [2.24, 2.45) is 0 Å². The van der Waals surface area contributed by atoms with Crippen LogP contribution >= 0.6 is 23.5 Å². The van der Waals surface area contributed by atoms with Gasteiger partial charge >= 0.3 is 0 Å². The summed E-state index contributed by atoms with van der Waals surface area (Å²) in [6.07, 6.45) is 2.07. The molecule has 0 aliphatic heterocycles. The molecule has 0 unspecified atom stereocenters. The van der Waals surface area contributed by atoms with Crippen LogP contribution in [0.4, 0.5) is 5.69 Å². The molecule has 2 aromatic carbocycles. The van der Waals surface area contributed by atoms with E-state index in [0.717, 1.165) is 17.0 Å². The number of aryl methyl sites for hydroxylation is 1. The van der Waals surface area contributed by atoms with Gasteiger partial charge in [-0.2, -0.15) is 0 Å². The van der Waals surface area contributed by atoms with Gasteiger partial charge in [-0.15, -0.1) is 23.5 Å². The summed E-state index contributed by atoms with van der Waals surface area (Å²) in [6, 6.07) is 16.3. The minimum Gasteiger partial charge on any atom is -0.325 e. The molecule has 0 fully saturated rings. The van der Waals surface area contributed by atoms with Crippen molar-refractivity contribution in [3.8, 4) is 0 Å². The first-order valence-electron chi connectivity index (χ1n) is 6.74. The molecule has 2 nitrogen and oxygen atoms in total. The number of carbonyl (C=O) groups is 1. The minimum absolute atomic E-state index is 0.0475. The van der Waals surface area contributed by atoms with Crippen molar-refractivity contribution in [2.75, 3.05) is 17.3 Å². The molecule has 0 atom stereocenters. The third-order valence-corrected chi connectivity index (χ3v) is 4.71. The molecule has 0 aromatic heterocycles. The number of thioether (sulfide) groups is 2. The topological polar surface area (TPSA) is 29.1 Å². The Morgan fingerprint density at radius 2 is 1.90 bits per heavy atom. The smallest absolute Gasteiger partial charge is 0.234 e. The van der Waals surface area contributed by atoms with Crippen LogP contribution in [0.1, 0.15) is 11.1 Å². The number of benzene rings is 2. The molecule has 1 amide bonds. The highest BCUT2D eigenvalue weighted by Crippen LogP contribution is 2.18. The Balaban J connectivity index is 1.76. The molecule has 2 aromatic rings. The SMILES string of the molecule is CSc1ccc(CSCC(=O)Nc2cccc(C)c2)cc1. The number of hydrogen-bond acceptors (Lipinski definition) is 3. The molecule has 4 heteroatoms. The maximum absolute atomic E-state index is 11.9. The third-order valence-electron chi connectivity index (χ3n) is 2.96. The van der Waals surface area contributed by atoms with Gasteiger partial charge in [-0.1, -0.05) is 24.3 Å². The fourth-order valence-corrected chi connectivity index (χ4v) is 3.10. The van der Waals surface area contributed by atoms with E-state index in [2.05, 4.69) is 35.8 Å². The summed E-state index contributed by atoms with van der Waals surface area (Å²) in [7, 11) is 0. The number of carbonyl (C=O) groups excluding carboxylic acids is 1. The molecule has 0 heterocycles. The zero-order valence-corrected chi connectivity index (χ0v) is 13.9. The van der Waals surface area contributed by atoms with Crippen molar-refractivity contribution < 1.29 is 4.79 Å². The van der Waals surface area contributed by atoms with Crippen molar-refractivity contribution in [3.63, 3.8) is 0 Å². The van der Waals surface area contributed by atoms with Gasteiger partial charge in [-0.05, 0) is 48.6 Å². The molecule has 21 heavy (non-hydrogen) atoms. The average Bonchev–Trinajstić information content (AvgIpc) is 2.48. The zero-order valence-electron chi connectivity index (χ0n) is 12.3. The first-order chi connectivity index (χ1) is 10.2. The second kappa shape index (κ2) is 8.15. The van der Waals surface area contributed by atoms with E-state index in [1.54, 1.807) is 23.5 Å². The van der Waals surface area contributed by atoms with Crippen LogP contribution in [0.5, 0.6) is 0 Å². The monoisotopic (exact) mass is 317 g/mol. The van der Waals surface area contributed by atoms with Crippen molar-refractivity contribution in [1.82, 2.24) is 0 Å². The Bertz CT molecular complexity index is 596. The molecule has 0 radical (unpaired) electrons. The van der Waals surface area contributed by atoms with E-state index in [9.17, 15) is 4.79 Å². The van der Waals surface area contributed by atoms with Gasteiger partial charge in [0.05, 0.1) is 5.75 Å². The van der Waals surface area contributed by atoms with E-state index in [1.807, 2.05) is 31.2 Å². The van der Waals surface area contributed by atoms with Gasteiger partial charge in [0.2, 0.25) is 5.91 Å². The standard InChI is InChI=1S/C17H19NOS2/c1-13-4-3-5-15(10-13)18-17(19)12-21-11-14-6-8-16(20-2)9-7-14/h3-10H,11-12H2,1-2H3,(H,18,19).